The van der Waals surface area contributed by atoms with Crippen LogP contribution in [-0.2, 0) is 0 Å². The summed E-state index contributed by atoms with van der Waals surface area (Å²) in [6, 6.07) is 0. The summed E-state index contributed by atoms with van der Waals surface area (Å²) >= 11 is 0. The molecule has 0 bridgehead atoms. The van der Waals surface area contributed by atoms with Gasteiger partial charge in [-0.2, -0.15) is 0 Å². The number of hydrogen-bond acceptors (Lipinski definition) is 2. The zero-order chi connectivity index (χ0) is 13.7. The van der Waals surface area contributed by atoms with Gasteiger partial charge in [0.2, 0.25) is 0 Å². The number of piperidine rings is 1. The predicted molar refractivity (Wildman–Crippen MR) is 83.2 cm³/mol. The highest BCUT2D eigenvalue weighted by Gasteiger charge is 2.35. The lowest BCUT2D eigenvalue weighted by molar-refractivity contribution is 0.0716. The second-order valence-electron chi connectivity index (χ2n) is 7.39. The summed E-state index contributed by atoms with van der Waals surface area (Å²) in [5.41, 5.74) is 6.60. The molecular formula is C17H34N2. The van der Waals surface area contributed by atoms with Crippen LogP contribution in [0.25, 0.3) is 0 Å². The van der Waals surface area contributed by atoms with Crippen LogP contribution in [0, 0.1) is 17.3 Å². The van der Waals surface area contributed by atoms with E-state index in [1.165, 1.54) is 71.0 Å². The monoisotopic (exact) mass is 266 g/mol. The van der Waals surface area contributed by atoms with Gasteiger partial charge in [0, 0.05) is 6.54 Å². The zero-order valence-electron chi connectivity index (χ0n) is 13.2. The molecule has 1 heterocycles. The smallest absolute Gasteiger partial charge is 0.00501 e. The minimum atomic E-state index is 0.449. The van der Waals surface area contributed by atoms with Crippen molar-refractivity contribution in [2.75, 3.05) is 26.2 Å². The number of likely N-dealkylation sites (tertiary alicyclic amines) is 1. The molecule has 19 heavy (non-hydrogen) atoms. The lowest BCUT2D eigenvalue weighted by Gasteiger charge is -2.44. The largest absolute Gasteiger partial charge is 0.330 e. The Hall–Kier alpha value is -0.0800. The molecule has 0 aromatic rings. The molecule has 2 fully saturated rings. The fourth-order valence-electron chi connectivity index (χ4n) is 4.12. The van der Waals surface area contributed by atoms with E-state index >= 15 is 0 Å². The van der Waals surface area contributed by atoms with Gasteiger partial charge in [0.1, 0.15) is 0 Å². The lowest BCUT2D eigenvalue weighted by Crippen LogP contribution is -2.47. The van der Waals surface area contributed by atoms with Gasteiger partial charge in [0.05, 0.1) is 0 Å². The highest BCUT2D eigenvalue weighted by atomic mass is 15.1. The molecule has 112 valence electrons. The van der Waals surface area contributed by atoms with Crippen molar-refractivity contribution in [3.05, 3.63) is 0 Å². The number of rotatable bonds is 5. The van der Waals surface area contributed by atoms with Crippen LogP contribution in [0.2, 0.25) is 0 Å². The Bertz CT molecular complexity index is 248. The van der Waals surface area contributed by atoms with E-state index in [-0.39, 0.29) is 0 Å². The first-order valence-corrected chi connectivity index (χ1v) is 8.60. The van der Waals surface area contributed by atoms with Crippen molar-refractivity contribution in [3.63, 3.8) is 0 Å². The highest BCUT2D eigenvalue weighted by molar-refractivity contribution is 4.89. The molecule has 0 amide bonds. The Morgan fingerprint density at radius 2 is 1.74 bits per heavy atom. The van der Waals surface area contributed by atoms with Crippen LogP contribution >= 0.6 is 0 Å². The van der Waals surface area contributed by atoms with Crippen LogP contribution in [0.15, 0.2) is 0 Å². The number of nitrogens with zero attached hydrogens (tertiary/aromatic N) is 1. The molecule has 2 rings (SSSR count). The van der Waals surface area contributed by atoms with E-state index in [0.717, 1.165) is 18.4 Å². The zero-order valence-corrected chi connectivity index (χ0v) is 13.2. The summed E-state index contributed by atoms with van der Waals surface area (Å²) in [5, 5.41) is 0. The van der Waals surface area contributed by atoms with Crippen LogP contribution in [0.4, 0.5) is 0 Å². The van der Waals surface area contributed by atoms with Gasteiger partial charge in [-0.1, -0.05) is 39.5 Å². The van der Waals surface area contributed by atoms with Crippen LogP contribution in [0.3, 0.4) is 0 Å². The topological polar surface area (TPSA) is 29.3 Å². The summed E-state index contributed by atoms with van der Waals surface area (Å²) in [4.78, 5) is 2.72. The standard InChI is InChI=1S/C17H34N2/c1-3-4-16-7-11-19(12-8-16)14-17(13-18)9-5-15(2)6-10-17/h15-16H,3-14,18H2,1-2H3. The Balaban J connectivity index is 1.80. The summed E-state index contributed by atoms with van der Waals surface area (Å²) in [7, 11) is 0. The van der Waals surface area contributed by atoms with Crippen LogP contribution < -0.4 is 5.73 Å². The van der Waals surface area contributed by atoms with Crippen molar-refractivity contribution in [2.45, 2.75) is 65.2 Å². The Morgan fingerprint density at radius 1 is 1.11 bits per heavy atom. The maximum atomic E-state index is 6.15. The third-order valence-electron chi connectivity index (χ3n) is 5.73. The quantitative estimate of drug-likeness (QED) is 0.823. The normalized spacial score (nSPS) is 34.6. The van der Waals surface area contributed by atoms with Crippen LogP contribution in [-0.4, -0.2) is 31.1 Å². The average molecular weight is 266 g/mol. The Morgan fingerprint density at radius 3 is 2.26 bits per heavy atom. The summed E-state index contributed by atoms with van der Waals surface area (Å²) in [5.74, 6) is 1.93. The van der Waals surface area contributed by atoms with E-state index in [2.05, 4.69) is 18.7 Å². The molecule has 2 N–H and O–H groups in total. The Labute approximate surface area is 120 Å². The molecule has 1 aliphatic heterocycles. The van der Waals surface area contributed by atoms with Gasteiger partial charge in [-0.3, -0.25) is 0 Å². The predicted octanol–water partition coefficient (Wildman–Crippen LogP) is 3.65. The minimum Gasteiger partial charge on any atom is -0.330 e. The Kier molecular flexibility index (Phi) is 5.70. The molecule has 0 aromatic heterocycles. The molecule has 0 radical (unpaired) electrons. The molecule has 0 unspecified atom stereocenters. The van der Waals surface area contributed by atoms with E-state index in [1.54, 1.807) is 0 Å². The molecule has 1 aliphatic carbocycles. The van der Waals surface area contributed by atoms with E-state index in [9.17, 15) is 0 Å². The molecular weight excluding hydrogens is 232 g/mol. The van der Waals surface area contributed by atoms with Crippen molar-refractivity contribution in [3.8, 4) is 0 Å². The maximum Gasteiger partial charge on any atom is 0.00501 e. The molecule has 2 heteroatoms. The average Bonchev–Trinajstić information content (AvgIpc) is 2.44. The van der Waals surface area contributed by atoms with Crippen molar-refractivity contribution in [1.29, 1.82) is 0 Å². The molecule has 2 aliphatic rings. The van der Waals surface area contributed by atoms with Crippen molar-refractivity contribution < 1.29 is 0 Å². The number of nitrogens with two attached hydrogens (primary N) is 1. The molecule has 0 aromatic carbocycles. The molecule has 1 saturated heterocycles. The second kappa shape index (κ2) is 7.08. The van der Waals surface area contributed by atoms with Gasteiger partial charge < -0.3 is 10.6 Å². The minimum absolute atomic E-state index is 0.449. The van der Waals surface area contributed by atoms with Crippen molar-refractivity contribution in [2.24, 2.45) is 23.0 Å². The first-order chi connectivity index (χ1) is 9.17. The van der Waals surface area contributed by atoms with E-state index < -0.39 is 0 Å². The third kappa shape index (κ3) is 4.19. The van der Waals surface area contributed by atoms with Gasteiger partial charge >= 0.3 is 0 Å². The summed E-state index contributed by atoms with van der Waals surface area (Å²) in [6.07, 6.45) is 11.1. The molecule has 0 spiro atoms. The van der Waals surface area contributed by atoms with Crippen molar-refractivity contribution >= 4 is 0 Å². The van der Waals surface area contributed by atoms with Gasteiger partial charge in [0.25, 0.3) is 0 Å². The SMILES string of the molecule is CCCC1CCN(CC2(CN)CCC(C)CC2)CC1. The van der Waals surface area contributed by atoms with Gasteiger partial charge in [-0.15, -0.1) is 0 Å². The lowest BCUT2D eigenvalue weighted by atomic mass is 9.70. The second-order valence-corrected chi connectivity index (χ2v) is 7.39. The first-order valence-electron chi connectivity index (χ1n) is 8.60. The van der Waals surface area contributed by atoms with Crippen molar-refractivity contribution in [1.82, 2.24) is 4.90 Å². The highest BCUT2D eigenvalue weighted by Crippen LogP contribution is 2.39. The third-order valence-corrected chi connectivity index (χ3v) is 5.73. The van der Waals surface area contributed by atoms with E-state index in [4.69, 9.17) is 5.73 Å². The van der Waals surface area contributed by atoms with Crippen LogP contribution in [0.5, 0.6) is 0 Å². The number of hydrogen-bond donors (Lipinski definition) is 1. The van der Waals surface area contributed by atoms with Crippen LogP contribution in [0.1, 0.15) is 65.2 Å². The summed E-state index contributed by atoms with van der Waals surface area (Å²) < 4.78 is 0. The van der Waals surface area contributed by atoms with E-state index in [0.29, 0.717) is 5.41 Å². The molecule has 2 nitrogen and oxygen atoms in total. The first kappa shape index (κ1) is 15.3. The summed E-state index contributed by atoms with van der Waals surface area (Å²) in [6.45, 7) is 9.53. The van der Waals surface area contributed by atoms with E-state index in [1.807, 2.05) is 0 Å². The van der Waals surface area contributed by atoms with Gasteiger partial charge in [-0.05, 0) is 62.6 Å². The maximum absolute atomic E-state index is 6.15. The van der Waals surface area contributed by atoms with Gasteiger partial charge in [0.15, 0.2) is 0 Å². The molecule has 0 atom stereocenters. The fraction of sp³-hybridized carbons (Fsp3) is 1.00. The molecule has 1 saturated carbocycles. The fourth-order valence-corrected chi connectivity index (χ4v) is 4.12. The van der Waals surface area contributed by atoms with Gasteiger partial charge in [-0.25, -0.2) is 0 Å².